The summed E-state index contributed by atoms with van der Waals surface area (Å²) in [7, 11) is -5.17. The first-order chi connectivity index (χ1) is 13.5. The quantitative estimate of drug-likeness (QED) is 0.221. The van der Waals surface area contributed by atoms with Crippen LogP contribution < -0.4 is 0 Å². The predicted octanol–water partition coefficient (Wildman–Crippen LogP) is 4.77. The minimum Gasteiger partial charge on any atom is -0.759 e. The Bertz CT molecular complexity index is 374. The van der Waals surface area contributed by atoms with Crippen LogP contribution in [0.15, 0.2) is 0 Å². The minimum absolute atomic E-state index is 1.32. The van der Waals surface area contributed by atoms with Crippen LogP contribution in [0.25, 0.3) is 0 Å². The Balaban J connectivity index is -0.000000380. The van der Waals surface area contributed by atoms with Gasteiger partial charge in [-0.1, -0.05) is 41.5 Å². The van der Waals surface area contributed by atoms with Crippen molar-refractivity contribution in [1.29, 1.82) is 0 Å². The second-order valence-electron chi connectivity index (χ2n) is 8.07. The summed E-state index contributed by atoms with van der Waals surface area (Å²) in [6, 6.07) is 0. The van der Waals surface area contributed by atoms with Crippen molar-refractivity contribution >= 4 is 10.4 Å². The van der Waals surface area contributed by atoms with Crippen LogP contribution in [-0.4, -0.2) is 78.8 Å². The lowest BCUT2D eigenvalue weighted by atomic mass is 10.2. The maximum Gasteiger partial charge on any atom is 0.0783 e. The average molecular weight is 441 g/mol. The molecule has 0 aliphatic carbocycles. The van der Waals surface area contributed by atoms with Crippen LogP contribution in [0.2, 0.25) is 0 Å². The Kier molecular flexibility index (Phi) is 22.7. The summed E-state index contributed by atoms with van der Waals surface area (Å²) in [6.07, 6.45) is 7.96. The van der Waals surface area contributed by atoms with E-state index in [1.54, 1.807) is 0 Å². The maximum atomic E-state index is 8.52. The molecule has 0 aliphatic heterocycles. The van der Waals surface area contributed by atoms with Gasteiger partial charge in [-0.3, -0.25) is 8.42 Å². The van der Waals surface area contributed by atoms with Crippen molar-refractivity contribution in [3.05, 3.63) is 0 Å². The van der Waals surface area contributed by atoms with Gasteiger partial charge < -0.3 is 18.1 Å². The second-order valence-corrected chi connectivity index (χ2v) is 8.88. The molecule has 0 amide bonds. The van der Waals surface area contributed by atoms with E-state index in [1.165, 1.54) is 99.8 Å². The molecule has 0 aromatic carbocycles. The summed E-state index contributed by atoms with van der Waals surface area (Å²) in [6.45, 7) is 29.3. The number of rotatable bonds is 14. The smallest absolute Gasteiger partial charge is 0.0783 e. The Labute approximate surface area is 183 Å². The maximum absolute atomic E-state index is 8.52. The molecule has 0 aromatic rings. The van der Waals surface area contributed by atoms with E-state index in [0.29, 0.717) is 0 Å². The van der Waals surface area contributed by atoms with Crippen LogP contribution in [0.5, 0.6) is 0 Å². The molecule has 0 heterocycles. The van der Waals surface area contributed by atoms with Gasteiger partial charge in [-0.2, -0.15) is 0 Å². The van der Waals surface area contributed by atoms with E-state index in [1.807, 2.05) is 0 Å². The highest BCUT2D eigenvalue weighted by Crippen LogP contribution is 2.11. The van der Waals surface area contributed by atoms with Gasteiger partial charge in [0.2, 0.25) is 0 Å². The summed E-state index contributed by atoms with van der Waals surface area (Å²) < 4.78 is 36.8. The monoisotopic (exact) mass is 440 g/mol. The molecule has 6 nitrogen and oxygen atoms in total. The van der Waals surface area contributed by atoms with Gasteiger partial charge in [-0.15, -0.1) is 0 Å². The Morgan fingerprint density at radius 3 is 0.690 bits per heavy atom. The highest BCUT2D eigenvalue weighted by molar-refractivity contribution is 7.79. The molecule has 0 spiro atoms. The number of hydrogen-bond acceptors (Lipinski definition) is 4. The Hall–Kier alpha value is -0.210. The fourth-order valence-electron chi connectivity index (χ4n) is 4.47. The molecule has 0 atom stereocenters. The van der Waals surface area contributed by atoms with Crippen molar-refractivity contribution in [3.8, 4) is 0 Å². The van der Waals surface area contributed by atoms with Crippen LogP contribution in [0, 0.1) is 0 Å². The van der Waals surface area contributed by atoms with Crippen molar-refractivity contribution < 1.29 is 26.5 Å². The van der Waals surface area contributed by atoms with Gasteiger partial charge in [-0.25, -0.2) is 0 Å². The van der Waals surface area contributed by atoms with E-state index >= 15 is 0 Å². The lowest BCUT2D eigenvalue weighted by Crippen LogP contribution is -2.49. The third-order valence-corrected chi connectivity index (χ3v) is 5.53. The van der Waals surface area contributed by atoms with Gasteiger partial charge in [0.25, 0.3) is 0 Å². The molecule has 0 unspecified atom stereocenters. The molecule has 0 bridgehead atoms. The number of nitrogens with zero attached hydrogens (tertiary/aromatic N) is 2. The first-order valence-electron chi connectivity index (χ1n) is 11.9. The Morgan fingerprint density at radius 2 is 0.621 bits per heavy atom. The van der Waals surface area contributed by atoms with Gasteiger partial charge >= 0.3 is 0 Å². The topological polar surface area (TPSA) is 80.3 Å². The van der Waals surface area contributed by atoms with Crippen molar-refractivity contribution in [3.63, 3.8) is 0 Å². The van der Waals surface area contributed by atoms with Crippen LogP contribution in [0.1, 0.15) is 93.9 Å². The molecule has 29 heavy (non-hydrogen) atoms. The molecule has 180 valence electrons. The molecule has 0 aromatic heterocycles. The fourth-order valence-corrected chi connectivity index (χ4v) is 4.47. The molecular weight excluding hydrogens is 388 g/mol. The second kappa shape index (κ2) is 19.7. The molecule has 0 saturated carbocycles. The fraction of sp³-hybridized carbons (Fsp3) is 1.00. The van der Waals surface area contributed by atoms with Crippen LogP contribution >= 0.6 is 0 Å². The SMILES string of the molecule is CCC[N+](CC)(CCC)CCC.CCC[N+](CC)(CCC)CCC.O=S(=O)([O-])[O-]. The zero-order chi connectivity index (χ0) is 23.4. The number of quaternary nitrogens is 2. The largest absolute Gasteiger partial charge is 0.759 e. The zero-order valence-electron chi connectivity index (χ0n) is 20.8. The molecular formula is C22H52N2O4S. The van der Waals surface area contributed by atoms with Gasteiger partial charge in [-0.05, 0) is 52.4 Å². The van der Waals surface area contributed by atoms with Gasteiger partial charge in [0.05, 0.1) is 52.4 Å². The Morgan fingerprint density at radius 1 is 0.483 bits per heavy atom. The molecule has 7 heteroatoms. The molecule has 0 radical (unpaired) electrons. The summed E-state index contributed by atoms with van der Waals surface area (Å²) in [5, 5.41) is 0. The highest BCUT2D eigenvalue weighted by Gasteiger charge is 2.22. The third-order valence-electron chi connectivity index (χ3n) is 5.53. The van der Waals surface area contributed by atoms with E-state index in [9.17, 15) is 0 Å². The zero-order valence-corrected chi connectivity index (χ0v) is 21.7. The van der Waals surface area contributed by atoms with Crippen LogP contribution in [0.3, 0.4) is 0 Å². The molecule has 0 fully saturated rings. The standard InChI is InChI=1S/2C11H26N.H2O4S/c2*1-5-9-12(8-4,10-6-2)11-7-3;1-5(2,3)4/h2*5-11H2,1-4H3;(H2,1,2,3,4)/q2*+1;/p-2. The predicted molar refractivity (Wildman–Crippen MR) is 123 cm³/mol. The summed E-state index contributed by atoms with van der Waals surface area (Å²) in [5.41, 5.74) is 0. The lowest BCUT2D eigenvalue weighted by Gasteiger charge is -2.37. The van der Waals surface area contributed by atoms with Crippen molar-refractivity contribution in [2.24, 2.45) is 0 Å². The summed E-state index contributed by atoms with van der Waals surface area (Å²) in [4.78, 5) is 0. The van der Waals surface area contributed by atoms with E-state index in [4.69, 9.17) is 17.5 Å². The number of hydrogen-bond donors (Lipinski definition) is 0. The van der Waals surface area contributed by atoms with Gasteiger partial charge in [0.15, 0.2) is 0 Å². The first-order valence-corrected chi connectivity index (χ1v) is 13.2. The van der Waals surface area contributed by atoms with Crippen molar-refractivity contribution in [2.45, 2.75) is 93.9 Å². The summed E-state index contributed by atoms with van der Waals surface area (Å²) in [5.74, 6) is 0. The molecule has 0 rings (SSSR count). The minimum atomic E-state index is -5.17. The van der Waals surface area contributed by atoms with E-state index in [-0.39, 0.29) is 0 Å². The lowest BCUT2D eigenvalue weighted by molar-refractivity contribution is -0.926. The molecule has 0 N–H and O–H groups in total. The van der Waals surface area contributed by atoms with E-state index < -0.39 is 10.4 Å². The van der Waals surface area contributed by atoms with Gasteiger partial charge in [0.1, 0.15) is 0 Å². The van der Waals surface area contributed by atoms with Gasteiger partial charge in [0, 0.05) is 10.4 Å². The van der Waals surface area contributed by atoms with Crippen molar-refractivity contribution in [1.82, 2.24) is 0 Å². The van der Waals surface area contributed by atoms with E-state index in [0.717, 1.165) is 0 Å². The molecule has 0 saturated heterocycles. The third kappa shape index (κ3) is 20.8. The first kappa shape index (κ1) is 33.4. The van der Waals surface area contributed by atoms with Crippen LogP contribution in [-0.2, 0) is 10.4 Å². The summed E-state index contributed by atoms with van der Waals surface area (Å²) >= 11 is 0. The van der Waals surface area contributed by atoms with Crippen molar-refractivity contribution in [2.75, 3.05) is 52.4 Å². The van der Waals surface area contributed by atoms with Crippen LogP contribution in [0.4, 0.5) is 0 Å². The molecule has 0 aliphatic rings. The van der Waals surface area contributed by atoms with E-state index in [2.05, 4.69) is 55.4 Å². The highest BCUT2D eigenvalue weighted by atomic mass is 32.3. The normalized spacial score (nSPS) is 11.9. The average Bonchev–Trinajstić information content (AvgIpc) is 2.62.